The van der Waals surface area contributed by atoms with E-state index in [-0.39, 0.29) is 17.8 Å². The van der Waals surface area contributed by atoms with Gasteiger partial charge in [-0.05, 0) is 24.5 Å². The van der Waals surface area contributed by atoms with Gasteiger partial charge in [-0.2, -0.15) is 0 Å². The Morgan fingerprint density at radius 2 is 2.04 bits per heavy atom. The summed E-state index contributed by atoms with van der Waals surface area (Å²) in [5, 5.41) is 10.7. The molecule has 1 aromatic carbocycles. The third kappa shape index (κ3) is 3.80. The monoisotopic (exact) mass is 330 g/mol. The Balaban J connectivity index is 1.58. The van der Waals surface area contributed by atoms with Crippen LogP contribution in [0.4, 0.5) is 5.88 Å². The van der Waals surface area contributed by atoms with E-state index < -0.39 is 10.8 Å². The van der Waals surface area contributed by atoms with Crippen molar-refractivity contribution in [2.24, 2.45) is 0 Å². The first-order valence-corrected chi connectivity index (χ1v) is 7.82. The minimum Gasteiger partial charge on any atom is -0.395 e. The molecule has 24 heavy (non-hydrogen) atoms. The van der Waals surface area contributed by atoms with Crippen LogP contribution < -0.4 is 0 Å². The number of amides is 1. The Kier molecular flexibility index (Phi) is 4.90. The quantitative estimate of drug-likeness (QED) is 0.621. The van der Waals surface area contributed by atoms with E-state index in [0.29, 0.717) is 19.7 Å². The topological polar surface area (TPSA) is 85.8 Å². The van der Waals surface area contributed by atoms with Crippen molar-refractivity contribution < 1.29 is 18.9 Å². The summed E-state index contributed by atoms with van der Waals surface area (Å²) in [5.41, 5.74) is 1.23. The Hall–Kier alpha value is -2.67. The standard InChI is InChI=1S/C17H18N2O5/c20-17(15-8-9-16(24-15)19(21)22)18-10-11-23-14(12-18)7-6-13-4-2-1-3-5-13/h1-5,8-9,14H,6-7,10-12H2/t14-/m0/s1. The number of rotatable bonds is 5. The van der Waals surface area contributed by atoms with Crippen molar-refractivity contribution in [2.45, 2.75) is 18.9 Å². The number of carbonyl (C=O) groups is 1. The highest BCUT2D eigenvalue weighted by Gasteiger charge is 2.28. The number of carbonyl (C=O) groups excluding carboxylic acids is 1. The lowest BCUT2D eigenvalue weighted by molar-refractivity contribution is -0.402. The van der Waals surface area contributed by atoms with Gasteiger partial charge in [-0.15, -0.1) is 0 Å². The molecule has 1 fully saturated rings. The van der Waals surface area contributed by atoms with Crippen LogP contribution in [0.15, 0.2) is 46.9 Å². The van der Waals surface area contributed by atoms with Crippen molar-refractivity contribution in [1.82, 2.24) is 4.90 Å². The van der Waals surface area contributed by atoms with Gasteiger partial charge in [0.15, 0.2) is 5.76 Å². The minimum atomic E-state index is -0.654. The van der Waals surface area contributed by atoms with Crippen molar-refractivity contribution in [3.8, 4) is 0 Å². The van der Waals surface area contributed by atoms with E-state index in [9.17, 15) is 14.9 Å². The van der Waals surface area contributed by atoms with E-state index in [2.05, 4.69) is 12.1 Å². The highest BCUT2D eigenvalue weighted by Crippen LogP contribution is 2.19. The number of furan rings is 1. The van der Waals surface area contributed by atoms with E-state index in [1.165, 1.54) is 17.7 Å². The van der Waals surface area contributed by atoms with Gasteiger partial charge in [-0.1, -0.05) is 30.3 Å². The van der Waals surface area contributed by atoms with Gasteiger partial charge in [-0.3, -0.25) is 14.9 Å². The van der Waals surface area contributed by atoms with E-state index in [0.717, 1.165) is 12.8 Å². The average molecular weight is 330 g/mol. The van der Waals surface area contributed by atoms with Gasteiger partial charge < -0.3 is 14.1 Å². The molecule has 3 rings (SSSR count). The molecule has 0 aliphatic carbocycles. The van der Waals surface area contributed by atoms with Gasteiger partial charge in [-0.25, -0.2) is 0 Å². The summed E-state index contributed by atoms with van der Waals surface area (Å²) in [5.74, 6) is -0.770. The third-order valence-electron chi connectivity index (χ3n) is 4.01. The molecular formula is C17H18N2O5. The van der Waals surface area contributed by atoms with Crippen LogP contribution in [0.3, 0.4) is 0 Å². The molecule has 0 radical (unpaired) electrons. The van der Waals surface area contributed by atoms with E-state index in [1.54, 1.807) is 4.90 Å². The molecule has 1 atom stereocenters. The summed E-state index contributed by atoms with van der Waals surface area (Å²) in [6.07, 6.45) is 1.64. The fourth-order valence-corrected chi connectivity index (χ4v) is 2.75. The van der Waals surface area contributed by atoms with Crippen molar-refractivity contribution in [3.63, 3.8) is 0 Å². The number of morpholine rings is 1. The van der Waals surface area contributed by atoms with Crippen molar-refractivity contribution in [1.29, 1.82) is 0 Å². The van der Waals surface area contributed by atoms with Crippen LogP contribution in [-0.2, 0) is 11.2 Å². The average Bonchev–Trinajstić information content (AvgIpc) is 3.11. The summed E-state index contributed by atoms with van der Waals surface area (Å²) < 4.78 is 10.7. The first-order chi connectivity index (χ1) is 11.6. The molecule has 0 unspecified atom stereocenters. The first kappa shape index (κ1) is 16.2. The number of hydrogen-bond donors (Lipinski definition) is 0. The van der Waals surface area contributed by atoms with E-state index in [1.807, 2.05) is 18.2 Å². The van der Waals surface area contributed by atoms with Crippen molar-refractivity contribution >= 4 is 11.8 Å². The number of ether oxygens (including phenoxy) is 1. The molecule has 0 saturated carbocycles. The Morgan fingerprint density at radius 3 is 2.75 bits per heavy atom. The number of hydrogen-bond acceptors (Lipinski definition) is 5. The van der Waals surface area contributed by atoms with Crippen LogP contribution in [0.5, 0.6) is 0 Å². The van der Waals surface area contributed by atoms with Gasteiger partial charge in [0.1, 0.15) is 4.92 Å². The number of nitrogens with zero attached hydrogens (tertiary/aromatic N) is 2. The molecule has 7 heteroatoms. The molecule has 126 valence electrons. The Labute approximate surface area is 139 Å². The zero-order valence-electron chi connectivity index (χ0n) is 13.1. The van der Waals surface area contributed by atoms with Crippen LogP contribution >= 0.6 is 0 Å². The van der Waals surface area contributed by atoms with Gasteiger partial charge >= 0.3 is 5.88 Å². The second-order valence-electron chi connectivity index (χ2n) is 5.66. The normalized spacial score (nSPS) is 17.7. The van der Waals surface area contributed by atoms with Crippen molar-refractivity contribution in [3.05, 3.63) is 63.9 Å². The molecule has 0 N–H and O–H groups in total. The predicted octanol–water partition coefficient (Wildman–Crippen LogP) is 2.66. The molecule has 0 spiro atoms. The summed E-state index contributed by atoms with van der Waals surface area (Å²) in [6, 6.07) is 12.6. The predicted molar refractivity (Wildman–Crippen MR) is 85.8 cm³/mol. The van der Waals surface area contributed by atoms with E-state index >= 15 is 0 Å². The maximum Gasteiger partial charge on any atom is 0.433 e. The summed E-state index contributed by atoms with van der Waals surface area (Å²) in [6.45, 7) is 1.36. The molecule has 7 nitrogen and oxygen atoms in total. The summed E-state index contributed by atoms with van der Waals surface area (Å²) in [4.78, 5) is 24.0. The van der Waals surface area contributed by atoms with Crippen LogP contribution in [-0.4, -0.2) is 41.5 Å². The molecule has 2 aromatic rings. The molecule has 1 aliphatic heterocycles. The van der Waals surface area contributed by atoms with Gasteiger partial charge in [0.05, 0.1) is 18.8 Å². The maximum atomic E-state index is 12.4. The molecule has 1 aromatic heterocycles. The second-order valence-corrected chi connectivity index (χ2v) is 5.66. The lowest BCUT2D eigenvalue weighted by Crippen LogP contribution is -2.45. The SMILES string of the molecule is O=C(c1ccc([N+](=O)[O-])o1)N1CCO[C@@H](CCc2ccccc2)C1. The summed E-state index contributed by atoms with van der Waals surface area (Å²) >= 11 is 0. The maximum absolute atomic E-state index is 12.4. The number of nitro groups is 1. The first-order valence-electron chi connectivity index (χ1n) is 7.82. The third-order valence-corrected chi connectivity index (χ3v) is 4.01. The fourth-order valence-electron chi connectivity index (χ4n) is 2.75. The Morgan fingerprint density at radius 1 is 1.25 bits per heavy atom. The van der Waals surface area contributed by atoms with Crippen LogP contribution in [0.25, 0.3) is 0 Å². The molecular weight excluding hydrogens is 312 g/mol. The van der Waals surface area contributed by atoms with E-state index in [4.69, 9.17) is 9.15 Å². The molecule has 1 aliphatic rings. The zero-order valence-corrected chi connectivity index (χ0v) is 13.1. The number of aryl methyl sites for hydroxylation is 1. The van der Waals surface area contributed by atoms with Crippen LogP contribution in [0.2, 0.25) is 0 Å². The molecule has 2 heterocycles. The molecule has 0 bridgehead atoms. The minimum absolute atomic E-state index is 0.00888. The van der Waals surface area contributed by atoms with Crippen LogP contribution in [0, 0.1) is 10.1 Å². The fraction of sp³-hybridized carbons (Fsp3) is 0.353. The lowest BCUT2D eigenvalue weighted by Gasteiger charge is -2.32. The van der Waals surface area contributed by atoms with Gasteiger partial charge in [0.25, 0.3) is 5.91 Å². The highest BCUT2D eigenvalue weighted by molar-refractivity contribution is 5.91. The van der Waals surface area contributed by atoms with Crippen LogP contribution in [0.1, 0.15) is 22.5 Å². The molecule has 1 amide bonds. The van der Waals surface area contributed by atoms with Gasteiger partial charge in [0.2, 0.25) is 0 Å². The lowest BCUT2D eigenvalue weighted by atomic mass is 10.1. The smallest absolute Gasteiger partial charge is 0.395 e. The Bertz CT molecular complexity index is 713. The van der Waals surface area contributed by atoms with Gasteiger partial charge in [0, 0.05) is 13.1 Å². The zero-order chi connectivity index (χ0) is 16.9. The second kappa shape index (κ2) is 7.27. The largest absolute Gasteiger partial charge is 0.433 e. The molecule has 1 saturated heterocycles. The van der Waals surface area contributed by atoms with Crippen molar-refractivity contribution in [2.75, 3.05) is 19.7 Å². The number of benzene rings is 1. The highest BCUT2D eigenvalue weighted by atomic mass is 16.6. The summed E-state index contributed by atoms with van der Waals surface area (Å²) in [7, 11) is 0.